The summed E-state index contributed by atoms with van der Waals surface area (Å²) in [5.74, 6) is 2.43. The number of aromatic nitrogens is 4. The fraction of sp³-hybridized carbons (Fsp3) is 0.433. The maximum atomic E-state index is 6.02. The molecule has 1 aliphatic carbocycles. The van der Waals surface area contributed by atoms with Gasteiger partial charge in [0.2, 0.25) is 5.95 Å². The van der Waals surface area contributed by atoms with Crippen LogP contribution < -0.4 is 16.0 Å². The molecule has 9 nitrogen and oxygen atoms in total. The van der Waals surface area contributed by atoms with E-state index in [9.17, 15) is 0 Å². The summed E-state index contributed by atoms with van der Waals surface area (Å²) >= 11 is 0. The van der Waals surface area contributed by atoms with Crippen LogP contribution in [-0.2, 0) is 0 Å². The van der Waals surface area contributed by atoms with E-state index < -0.39 is 0 Å². The zero-order chi connectivity index (χ0) is 26.3. The number of fused-ring (bicyclic) bond motifs is 1. The van der Waals surface area contributed by atoms with E-state index in [0.29, 0.717) is 17.7 Å². The van der Waals surface area contributed by atoms with Gasteiger partial charge in [-0.3, -0.25) is 9.47 Å². The molecular weight excluding hydrogens is 486 g/mol. The first-order valence-corrected chi connectivity index (χ1v) is 14.3. The molecule has 7 rings (SSSR count). The topological polar surface area (TPSA) is 91.4 Å². The van der Waals surface area contributed by atoms with E-state index in [4.69, 9.17) is 10.7 Å². The molecule has 1 aromatic carbocycles. The summed E-state index contributed by atoms with van der Waals surface area (Å²) in [6, 6.07) is 17.3. The summed E-state index contributed by atoms with van der Waals surface area (Å²) in [5.41, 5.74) is 10.4. The summed E-state index contributed by atoms with van der Waals surface area (Å²) in [6.07, 6.45) is 6.76. The van der Waals surface area contributed by atoms with E-state index in [0.717, 1.165) is 41.7 Å². The number of anilines is 4. The Kier molecular flexibility index (Phi) is 6.33. The summed E-state index contributed by atoms with van der Waals surface area (Å²) in [6.45, 7) is 7.02. The minimum atomic E-state index is 0.507. The first-order chi connectivity index (χ1) is 19.1. The van der Waals surface area contributed by atoms with Crippen molar-refractivity contribution in [2.45, 2.75) is 37.6 Å². The second-order valence-electron chi connectivity index (χ2n) is 11.3. The lowest BCUT2D eigenvalue weighted by Crippen LogP contribution is -2.52. The average molecular weight is 524 g/mol. The van der Waals surface area contributed by atoms with Gasteiger partial charge in [0.05, 0.1) is 0 Å². The third kappa shape index (κ3) is 5.04. The SMILES string of the molecule is CN1CCN(C2CCN(c3ccc(Nc4ncc5cc(C6CC6)n(-c6cccc(N)n6)c5n4)cc3)CC2)CC1. The van der Waals surface area contributed by atoms with Crippen molar-refractivity contribution in [1.82, 2.24) is 29.3 Å². The number of nitrogens with zero attached hydrogens (tertiary/aromatic N) is 7. The molecule has 0 unspecified atom stereocenters. The number of nitrogens with two attached hydrogens (primary N) is 1. The van der Waals surface area contributed by atoms with E-state index in [2.05, 4.69) is 71.9 Å². The number of benzene rings is 1. The number of piperidine rings is 1. The molecule has 0 radical (unpaired) electrons. The molecule has 5 heterocycles. The highest BCUT2D eigenvalue weighted by atomic mass is 15.3. The molecule has 39 heavy (non-hydrogen) atoms. The van der Waals surface area contributed by atoms with E-state index in [1.54, 1.807) is 0 Å². The van der Waals surface area contributed by atoms with Crippen molar-refractivity contribution < 1.29 is 0 Å². The molecular formula is C30H37N9. The number of rotatable bonds is 6. The summed E-state index contributed by atoms with van der Waals surface area (Å²) < 4.78 is 2.14. The molecule has 202 valence electrons. The fourth-order valence-electron chi connectivity index (χ4n) is 6.11. The number of hydrogen-bond donors (Lipinski definition) is 2. The third-order valence-corrected chi connectivity index (χ3v) is 8.56. The fourth-order valence-corrected chi connectivity index (χ4v) is 6.11. The van der Waals surface area contributed by atoms with Gasteiger partial charge in [-0.15, -0.1) is 0 Å². The average Bonchev–Trinajstić information content (AvgIpc) is 3.74. The quantitative estimate of drug-likeness (QED) is 0.388. The molecule has 2 aliphatic heterocycles. The molecule has 1 saturated carbocycles. The predicted molar refractivity (Wildman–Crippen MR) is 157 cm³/mol. The van der Waals surface area contributed by atoms with Crippen LogP contribution in [0, 0.1) is 0 Å². The molecule has 3 fully saturated rings. The van der Waals surface area contributed by atoms with Gasteiger partial charge in [0.25, 0.3) is 0 Å². The van der Waals surface area contributed by atoms with Crippen LogP contribution in [0.5, 0.6) is 0 Å². The van der Waals surface area contributed by atoms with Crippen molar-refractivity contribution in [2.75, 3.05) is 62.3 Å². The molecule has 2 saturated heterocycles. The van der Waals surface area contributed by atoms with Crippen LogP contribution in [0.3, 0.4) is 0 Å². The van der Waals surface area contributed by atoms with Crippen molar-refractivity contribution in [1.29, 1.82) is 0 Å². The van der Waals surface area contributed by atoms with Crippen molar-refractivity contribution in [3.63, 3.8) is 0 Å². The second-order valence-corrected chi connectivity index (χ2v) is 11.3. The van der Waals surface area contributed by atoms with E-state index >= 15 is 0 Å². The number of pyridine rings is 1. The number of nitrogen functional groups attached to an aromatic ring is 1. The van der Waals surface area contributed by atoms with Crippen LogP contribution in [0.15, 0.2) is 54.7 Å². The van der Waals surface area contributed by atoms with Crippen LogP contribution in [0.1, 0.15) is 37.3 Å². The van der Waals surface area contributed by atoms with E-state index in [-0.39, 0.29) is 0 Å². The van der Waals surface area contributed by atoms with Crippen molar-refractivity contribution in [3.8, 4) is 5.82 Å². The van der Waals surface area contributed by atoms with Crippen LogP contribution in [-0.4, -0.2) is 81.7 Å². The molecule has 0 spiro atoms. The van der Waals surface area contributed by atoms with Crippen molar-refractivity contribution >= 4 is 34.2 Å². The van der Waals surface area contributed by atoms with Gasteiger partial charge < -0.3 is 20.9 Å². The first kappa shape index (κ1) is 24.4. The van der Waals surface area contributed by atoms with Gasteiger partial charge in [-0.05, 0) is 81.1 Å². The Morgan fingerprint density at radius 2 is 1.64 bits per heavy atom. The molecule has 3 aliphatic rings. The largest absolute Gasteiger partial charge is 0.384 e. The monoisotopic (exact) mass is 523 g/mol. The molecule has 9 heteroatoms. The van der Waals surface area contributed by atoms with Crippen molar-refractivity contribution in [2.24, 2.45) is 0 Å². The smallest absolute Gasteiger partial charge is 0.229 e. The summed E-state index contributed by atoms with van der Waals surface area (Å²) in [5, 5.41) is 4.43. The third-order valence-electron chi connectivity index (χ3n) is 8.56. The highest BCUT2D eigenvalue weighted by molar-refractivity contribution is 5.80. The van der Waals surface area contributed by atoms with Gasteiger partial charge in [-0.25, -0.2) is 9.97 Å². The molecule has 0 bridgehead atoms. The lowest BCUT2D eigenvalue weighted by molar-refractivity contribution is 0.0982. The Morgan fingerprint density at radius 3 is 2.36 bits per heavy atom. The number of likely N-dealkylation sites (N-methyl/N-ethyl adjacent to an activating group) is 1. The Hall–Kier alpha value is -3.69. The van der Waals surface area contributed by atoms with Gasteiger partial charge in [0, 0.05) is 74.0 Å². The van der Waals surface area contributed by atoms with Crippen LogP contribution in [0.2, 0.25) is 0 Å². The van der Waals surface area contributed by atoms with E-state index in [1.807, 2.05) is 24.4 Å². The maximum Gasteiger partial charge on any atom is 0.229 e. The molecule has 3 aromatic heterocycles. The maximum absolute atomic E-state index is 6.02. The van der Waals surface area contributed by atoms with Gasteiger partial charge in [-0.1, -0.05) is 6.07 Å². The minimum Gasteiger partial charge on any atom is -0.384 e. The minimum absolute atomic E-state index is 0.507. The molecule has 0 atom stereocenters. The van der Waals surface area contributed by atoms with Gasteiger partial charge in [0.1, 0.15) is 11.6 Å². The Balaban J connectivity index is 1.05. The Morgan fingerprint density at radius 1 is 0.872 bits per heavy atom. The lowest BCUT2D eigenvalue weighted by Gasteiger charge is -2.42. The lowest BCUT2D eigenvalue weighted by atomic mass is 10.0. The Bertz CT molecular complexity index is 1440. The highest BCUT2D eigenvalue weighted by Crippen LogP contribution is 2.43. The molecule has 4 aromatic rings. The van der Waals surface area contributed by atoms with Crippen LogP contribution >= 0.6 is 0 Å². The highest BCUT2D eigenvalue weighted by Gasteiger charge is 2.30. The predicted octanol–water partition coefficient (Wildman–Crippen LogP) is 4.23. The summed E-state index contributed by atoms with van der Waals surface area (Å²) in [7, 11) is 2.23. The summed E-state index contributed by atoms with van der Waals surface area (Å²) in [4.78, 5) is 21.8. The van der Waals surface area contributed by atoms with Crippen LogP contribution in [0.4, 0.5) is 23.1 Å². The van der Waals surface area contributed by atoms with Crippen LogP contribution in [0.25, 0.3) is 16.9 Å². The normalized spacial score (nSPS) is 19.6. The first-order valence-electron chi connectivity index (χ1n) is 14.3. The Labute approximate surface area is 229 Å². The zero-order valence-electron chi connectivity index (χ0n) is 22.6. The van der Waals surface area contributed by atoms with E-state index in [1.165, 1.54) is 63.2 Å². The standard InChI is InChI=1S/C30H37N9/c1-36-15-17-38(18-16-36)25-11-13-37(14-12-25)24-9-7-23(8-10-24)33-30-32-20-22-19-26(21-5-6-21)39(29(22)35-30)28-4-2-3-27(31)34-28/h2-4,7-10,19-21,25H,5-6,11-18H2,1H3,(H2,31,34)(H,32,33,35). The van der Waals surface area contributed by atoms with Gasteiger partial charge in [-0.2, -0.15) is 4.98 Å². The van der Waals surface area contributed by atoms with Gasteiger partial charge in [0.15, 0.2) is 5.65 Å². The van der Waals surface area contributed by atoms with Gasteiger partial charge >= 0.3 is 0 Å². The number of piperazine rings is 1. The number of hydrogen-bond acceptors (Lipinski definition) is 8. The zero-order valence-corrected chi connectivity index (χ0v) is 22.6. The number of nitrogens with one attached hydrogen (secondary N) is 1. The molecule has 0 amide bonds. The van der Waals surface area contributed by atoms with Crippen molar-refractivity contribution in [3.05, 3.63) is 60.4 Å². The second kappa shape index (κ2) is 10.1. The molecule has 3 N–H and O–H groups in total.